The second-order valence-corrected chi connectivity index (χ2v) is 7.38. The largest absolute Gasteiger partial charge is 0.467 e. The van der Waals surface area contributed by atoms with Crippen LogP contribution in [0.25, 0.3) is 22.1 Å². The first-order valence-corrected chi connectivity index (χ1v) is 10.3. The topological polar surface area (TPSA) is 85.8 Å². The number of benzene rings is 1. The van der Waals surface area contributed by atoms with E-state index in [1.807, 2.05) is 24.3 Å². The molecule has 0 saturated heterocycles. The minimum Gasteiger partial charge on any atom is -0.467 e. The third kappa shape index (κ3) is 3.87. The number of para-hydroxylation sites is 1. The lowest BCUT2D eigenvalue weighted by Crippen LogP contribution is -2.24. The van der Waals surface area contributed by atoms with Crippen molar-refractivity contribution in [1.29, 1.82) is 0 Å². The molecule has 0 spiro atoms. The Labute approximate surface area is 166 Å². The Morgan fingerprint density at radius 1 is 1.21 bits per heavy atom. The van der Waals surface area contributed by atoms with Crippen molar-refractivity contribution in [3.05, 3.63) is 48.4 Å². The number of rotatable bonds is 8. The molecule has 144 valence electrons. The lowest BCUT2D eigenvalue weighted by atomic mass is 10.2. The SMILES string of the molecule is CCCCn1c2ccccc2c2nnc(SCC(=O)NCc3ccco3)nc21. The predicted octanol–water partition coefficient (Wildman–Crippen LogP) is 3.78. The number of carbonyl (C=O) groups excluding carboxylic acids is 1. The second-order valence-electron chi connectivity index (χ2n) is 6.43. The summed E-state index contributed by atoms with van der Waals surface area (Å²) in [4.78, 5) is 16.8. The summed E-state index contributed by atoms with van der Waals surface area (Å²) in [6.07, 6.45) is 3.75. The molecule has 1 N–H and O–H groups in total. The Morgan fingerprint density at radius 3 is 2.93 bits per heavy atom. The number of unbranched alkanes of at least 4 members (excludes halogenated alkanes) is 1. The summed E-state index contributed by atoms with van der Waals surface area (Å²) >= 11 is 1.28. The van der Waals surface area contributed by atoms with E-state index in [9.17, 15) is 4.79 Å². The molecule has 0 saturated carbocycles. The number of fused-ring (bicyclic) bond motifs is 3. The summed E-state index contributed by atoms with van der Waals surface area (Å²) in [7, 11) is 0. The fraction of sp³-hybridized carbons (Fsp3) is 0.300. The fourth-order valence-corrected chi connectivity index (χ4v) is 3.68. The summed E-state index contributed by atoms with van der Waals surface area (Å²) in [5, 5.41) is 13.0. The van der Waals surface area contributed by atoms with E-state index in [1.165, 1.54) is 11.8 Å². The van der Waals surface area contributed by atoms with Crippen LogP contribution in [-0.2, 0) is 17.9 Å². The zero-order chi connectivity index (χ0) is 19.3. The Hall–Kier alpha value is -2.87. The number of amides is 1. The van der Waals surface area contributed by atoms with Crippen molar-refractivity contribution in [2.75, 3.05) is 5.75 Å². The van der Waals surface area contributed by atoms with Crippen molar-refractivity contribution in [1.82, 2.24) is 25.1 Å². The van der Waals surface area contributed by atoms with Gasteiger partial charge >= 0.3 is 0 Å². The monoisotopic (exact) mass is 395 g/mol. The van der Waals surface area contributed by atoms with E-state index in [2.05, 4.69) is 33.1 Å². The first-order valence-electron chi connectivity index (χ1n) is 9.30. The number of aryl methyl sites for hydroxylation is 1. The number of thioether (sulfide) groups is 1. The first-order chi connectivity index (χ1) is 13.8. The van der Waals surface area contributed by atoms with Gasteiger partial charge in [0.15, 0.2) is 5.65 Å². The van der Waals surface area contributed by atoms with Crippen LogP contribution in [0, 0.1) is 0 Å². The number of nitrogens with one attached hydrogen (secondary N) is 1. The second kappa shape index (κ2) is 8.43. The highest BCUT2D eigenvalue weighted by Gasteiger charge is 2.15. The maximum Gasteiger partial charge on any atom is 0.230 e. The van der Waals surface area contributed by atoms with Gasteiger partial charge in [0.1, 0.15) is 11.3 Å². The predicted molar refractivity (Wildman–Crippen MR) is 109 cm³/mol. The van der Waals surface area contributed by atoms with Gasteiger partial charge in [-0.05, 0) is 24.6 Å². The quantitative estimate of drug-likeness (QED) is 0.457. The van der Waals surface area contributed by atoms with Crippen LogP contribution in [0.2, 0.25) is 0 Å². The molecule has 7 nitrogen and oxygen atoms in total. The van der Waals surface area contributed by atoms with Crippen LogP contribution in [0.5, 0.6) is 0 Å². The summed E-state index contributed by atoms with van der Waals surface area (Å²) in [5.74, 6) is 0.845. The van der Waals surface area contributed by atoms with E-state index in [0.717, 1.165) is 47.2 Å². The van der Waals surface area contributed by atoms with Crippen LogP contribution < -0.4 is 5.32 Å². The van der Waals surface area contributed by atoms with Gasteiger partial charge in [0.05, 0.1) is 24.1 Å². The molecule has 0 unspecified atom stereocenters. The normalized spacial score (nSPS) is 11.3. The number of carbonyl (C=O) groups is 1. The molecule has 0 aliphatic carbocycles. The van der Waals surface area contributed by atoms with Crippen LogP contribution in [0.15, 0.2) is 52.2 Å². The van der Waals surface area contributed by atoms with E-state index in [4.69, 9.17) is 9.40 Å². The molecule has 3 aromatic heterocycles. The molecule has 28 heavy (non-hydrogen) atoms. The third-order valence-electron chi connectivity index (χ3n) is 4.46. The smallest absolute Gasteiger partial charge is 0.230 e. The van der Waals surface area contributed by atoms with Crippen LogP contribution in [0.3, 0.4) is 0 Å². The highest BCUT2D eigenvalue weighted by Crippen LogP contribution is 2.27. The molecule has 4 aromatic rings. The number of furan rings is 1. The molecule has 8 heteroatoms. The zero-order valence-corrected chi connectivity index (χ0v) is 16.4. The highest BCUT2D eigenvalue weighted by atomic mass is 32.2. The van der Waals surface area contributed by atoms with E-state index in [1.54, 1.807) is 12.3 Å². The maximum absolute atomic E-state index is 12.1. The van der Waals surface area contributed by atoms with Gasteiger partial charge in [-0.1, -0.05) is 43.3 Å². The van der Waals surface area contributed by atoms with Crippen LogP contribution in [0.4, 0.5) is 0 Å². The Kier molecular flexibility index (Phi) is 5.57. The zero-order valence-electron chi connectivity index (χ0n) is 15.6. The van der Waals surface area contributed by atoms with Crippen molar-refractivity contribution in [3.63, 3.8) is 0 Å². The molecular formula is C20H21N5O2S. The van der Waals surface area contributed by atoms with Crippen molar-refractivity contribution in [2.45, 2.75) is 38.0 Å². The fourth-order valence-electron chi connectivity index (χ4n) is 3.07. The molecule has 3 heterocycles. The molecule has 0 atom stereocenters. The molecule has 0 radical (unpaired) electrons. The standard InChI is InChI=1S/C20H21N5O2S/c1-2-3-10-25-16-9-5-4-8-15(16)18-19(25)22-20(24-23-18)28-13-17(26)21-12-14-7-6-11-27-14/h4-9,11H,2-3,10,12-13H2,1H3,(H,21,26). The van der Waals surface area contributed by atoms with Crippen LogP contribution in [0.1, 0.15) is 25.5 Å². The Balaban J connectivity index is 1.51. The van der Waals surface area contributed by atoms with Crippen molar-refractivity contribution < 1.29 is 9.21 Å². The molecule has 0 bridgehead atoms. The molecule has 0 aliphatic rings. The van der Waals surface area contributed by atoms with Gasteiger partial charge in [-0.3, -0.25) is 4.79 Å². The van der Waals surface area contributed by atoms with Gasteiger partial charge in [0, 0.05) is 11.9 Å². The van der Waals surface area contributed by atoms with Gasteiger partial charge in [0.25, 0.3) is 0 Å². The average molecular weight is 395 g/mol. The van der Waals surface area contributed by atoms with Crippen molar-refractivity contribution in [2.24, 2.45) is 0 Å². The van der Waals surface area contributed by atoms with Gasteiger partial charge < -0.3 is 14.3 Å². The maximum atomic E-state index is 12.1. The van der Waals surface area contributed by atoms with Crippen molar-refractivity contribution >= 4 is 39.7 Å². The Morgan fingerprint density at radius 2 is 2.11 bits per heavy atom. The molecule has 0 aliphatic heterocycles. The third-order valence-corrected chi connectivity index (χ3v) is 5.30. The van der Waals surface area contributed by atoms with E-state index < -0.39 is 0 Å². The minimum atomic E-state index is -0.100. The Bertz CT molecular complexity index is 1090. The highest BCUT2D eigenvalue weighted by molar-refractivity contribution is 7.99. The number of hydrogen-bond donors (Lipinski definition) is 1. The lowest BCUT2D eigenvalue weighted by Gasteiger charge is -2.06. The van der Waals surface area contributed by atoms with Gasteiger partial charge in [0.2, 0.25) is 11.1 Å². The van der Waals surface area contributed by atoms with Gasteiger partial charge in [-0.15, -0.1) is 10.2 Å². The number of hydrogen-bond acceptors (Lipinski definition) is 6. The van der Waals surface area contributed by atoms with Gasteiger partial charge in [-0.25, -0.2) is 4.98 Å². The number of aromatic nitrogens is 4. The van der Waals surface area contributed by atoms with Crippen LogP contribution >= 0.6 is 11.8 Å². The molecule has 1 amide bonds. The van der Waals surface area contributed by atoms with Crippen molar-refractivity contribution in [3.8, 4) is 0 Å². The minimum absolute atomic E-state index is 0.100. The molecule has 4 rings (SSSR count). The average Bonchev–Trinajstić information content (AvgIpc) is 3.35. The lowest BCUT2D eigenvalue weighted by molar-refractivity contribution is -0.118. The van der Waals surface area contributed by atoms with E-state index >= 15 is 0 Å². The summed E-state index contributed by atoms with van der Waals surface area (Å²) in [6.45, 7) is 3.42. The van der Waals surface area contributed by atoms with E-state index in [-0.39, 0.29) is 11.7 Å². The number of nitrogens with zero attached hydrogens (tertiary/aromatic N) is 4. The molecule has 1 aromatic carbocycles. The van der Waals surface area contributed by atoms with E-state index in [0.29, 0.717) is 11.7 Å². The van der Waals surface area contributed by atoms with Gasteiger partial charge in [-0.2, -0.15) is 0 Å². The first kappa shape index (κ1) is 18.5. The summed E-state index contributed by atoms with van der Waals surface area (Å²) < 4.78 is 7.41. The summed E-state index contributed by atoms with van der Waals surface area (Å²) in [5.41, 5.74) is 2.74. The molecular weight excluding hydrogens is 374 g/mol. The van der Waals surface area contributed by atoms with Crippen LogP contribution in [-0.4, -0.2) is 31.4 Å². The molecule has 0 fully saturated rings. The summed E-state index contributed by atoms with van der Waals surface area (Å²) in [6, 6.07) is 11.8.